The van der Waals surface area contributed by atoms with Crippen LogP contribution in [0.3, 0.4) is 0 Å². The molecule has 1 atom stereocenters. The van der Waals surface area contributed by atoms with Gasteiger partial charge in [0.25, 0.3) is 0 Å². The molecule has 0 radical (unpaired) electrons. The van der Waals surface area contributed by atoms with Crippen molar-refractivity contribution in [3.63, 3.8) is 0 Å². The molecule has 1 N–H and O–H groups in total. The Kier molecular flexibility index (Phi) is 6.99. The van der Waals surface area contributed by atoms with Crippen molar-refractivity contribution in [3.05, 3.63) is 56.7 Å². The van der Waals surface area contributed by atoms with Gasteiger partial charge in [-0.05, 0) is 43.8 Å². The standard InChI is InChI=1S/C18H21ClN2O3S/c1-12(21(2)11-15-8-9-16(19)25-15)17(22)20-10-13-4-6-14(7-5-13)18(23)24-3/h4-9,12H,10-11H2,1-3H3,(H,20,22). The lowest BCUT2D eigenvalue weighted by Gasteiger charge is -2.23. The Labute approximate surface area is 156 Å². The quantitative estimate of drug-likeness (QED) is 0.748. The van der Waals surface area contributed by atoms with Crippen molar-refractivity contribution < 1.29 is 14.3 Å². The molecule has 25 heavy (non-hydrogen) atoms. The molecule has 1 amide bonds. The highest BCUT2D eigenvalue weighted by Crippen LogP contribution is 2.22. The number of thiophene rings is 1. The van der Waals surface area contributed by atoms with Crippen LogP contribution in [-0.2, 0) is 22.6 Å². The van der Waals surface area contributed by atoms with Gasteiger partial charge in [0.15, 0.2) is 0 Å². The Morgan fingerprint density at radius 1 is 1.24 bits per heavy atom. The lowest BCUT2D eigenvalue weighted by Crippen LogP contribution is -2.42. The number of rotatable bonds is 7. The number of methoxy groups -OCH3 is 1. The molecule has 2 aromatic rings. The Morgan fingerprint density at radius 2 is 1.92 bits per heavy atom. The van der Waals surface area contributed by atoms with Crippen LogP contribution >= 0.6 is 22.9 Å². The summed E-state index contributed by atoms with van der Waals surface area (Å²) in [4.78, 5) is 26.8. The van der Waals surface area contributed by atoms with Gasteiger partial charge in [-0.15, -0.1) is 11.3 Å². The zero-order valence-corrected chi connectivity index (χ0v) is 16.0. The first-order valence-electron chi connectivity index (χ1n) is 7.80. The number of carbonyl (C=O) groups excluding carboxylic acids is 2. The monoisotopic (exact) mass is 380 g/mol. The van der Waals surface area contributed by atoms with Gasteiger partial charge < -0.3 is 10.1 Å². The van der Waals surface area contributed by atoms with E-state index in [0.717, 1.165) is 14.8 Å². The second kappa shape index (κ2) is 8.99. The van der Waals surface area contributed by atoms with Crippen LogP contribution in [0.2, 0.25) is 4.34 Å². The Balaban J connectivity index is 1.85. The molecule has 0 saturated heterocycles. The number of ether oxygens (including phenoxy) is 1. The van der Waals surface area contributed by atoms with Crippen LogP contribution < -0.4 is 5.32 Å². The number of esters is 1. The summed E-state index contributed by atoms with van der Waals surface area (Å²) in [5.74, 6) is -0.429. The maximum absolute atomic E-state index is 12.3. The molecule has 134 valence electrons. The van der Waals surface area contributed by atoms with E-state index in [1.54, 1.807) is 24.3 Å². The molecule has 0 spiro atoms. The molecule has 0 aliphatic carbocycles. The molecule has 1 unspecified atom stereocenters. The van der Waals surface area contributed by atoms with Gasteiger partial charge in [0, 0.05) is 18.0 Å². The third-order valence-corrected chi connectivity index (χ3v) is 5.13. The third kappa shape index (κ3) is 5.56. The number of hydrogen-bond donors (Lipinski definition) is 1. The van der Waals surface area contributed by atoms with Gasteiger partial charge in [0.05, 0.1) is 23.1 Å². The predicted octanol–water partition coefficient (Wildman–Crippen LogP) is 3.32. The van der Waals surface area contributed by atoms with Gasteiger partial charge in [-0.3, -0.25) is 9.69 Å². The highest BCUT2D eigenvalue weighted by atomic mass is 35.5. The Morgan fingerprint density at radius 3 is 2.48 bits per heavy atom. The smallest absolute Gasteiger partial charge is 0.337 e. The molecule has 5 nitrogen and oxygen atoms in total. The number of amides is 1. The van der Waals surface area contributed by atoms with E-state index >= 15 is 0 Å². The van der Waals surface area contributed by atoms with Crippen molar-refractivity contribution in [3.8, 4) is 0 Å². The minimum Gasteiger partial charge on any atom is -0.465 e. The molecule has 1 aromatic heterocycles. The van der Waals surface area contributed by atoms with Crippen molar-refractivity contribution in [2.45, 2.75) is 26.1 Å². The maximum Gasteiger partial charge on any atom is 0.337 e. The van der Waals surface area contributed by atoms with E-state index in [4.69, 9.17) is 11.6 Å². The maximum atomic E-state index is 12.3. The molecule has 0 bridgehead atoms. The van der Waals surface area contributed by atoms with Crippen LogP contribution in [0.25, 0.3) is 0 Å². The fraction of sp³-hybridized carbons (Fsp3) is 0.333. The second-order valence-electron chi connectivity index (χ2n) is 5.70. The van der Waals surface area contributed by atoms with E-state index in [9.17, 15) is 9.59 Å². The average Bonchev–Trinajstić information content (AvgIpc) is 3.03. The lowest BCUT2D eigenvalue weighted by atomic mass is 10.1. The summed E-state index contributed by atoms with van der Waals surface area (Å²) in [5.41, 5.74) is 1.40. The summed E-state index contributed by atoms with van der Waals surface area (Å²) in [5, 5.41) is 2.91. The predicted molar refractivity (Wildman–Crippen MR) is 99.9 cm³/mol. The fourth-order valence-corrected chi connectivity index (χ4v) is 3.38. The van der Waals surface area contributed by atoms with Gasteiger partial charge in [-0.2, -0.15) is 0 Å². The number of hydrogen-bond acceptors (Lipinski definition) is 5. The number of benzene rings is 1. The number of nitrogens with zero attached hydrogens (tertiary/aromatic N) is 1. The largest absolute Gasteiger partial charge is 0.465 e. The van der Waals surface area contributed by atoms with Crippen molar-refractivity contribution in [1.29, 1.82) is 0 Å². The van der Waals surface area contributed by atoms with Gasteiger partial charge >= 0.3 is 5.97 Å². The summed E-state index contributed by atoms with van der Waals surface area (Å²) in [6.45, 7) is 2.94. The first-order valence-corrected chi connectivity index (χ1v) is 8.99. The fourth-order valence-electron chi connectivity index (χ4n) is 2.23. The number of nitrogens with one attached hydrogen (secondary N) is 1. The van der Waals surface area contributed by atoms with E-state index in [1.165, 1.54) is 18.4 Å². The van der Waals surface area contributed by atoms with Gasteiger partial charge in [-0.25, -0.2) is 4.79 Å². The van der Waals surface area contributed by atoms with E-state index in [1.807, 2.05) is 31.0 Å². The molecule has 0 saturated carbocycles. The molecular formula is C18H21ClN2O3S. The zero-order chi connectivity index (χ0) is 18.4. The summed E-state index contributed by atoms with van der Waals surface area (Å²) < 4.78 is 5.41. The Hall–Kier alpha value is -1.89. The zero-order valence-electron chi connectivity index (χ0n) is 14.4. The van der Waals surface area contributed by atoms with E-state index < -0.39 is 0 Å². The summed E-state index contributed by atoms with van der Waals surface area (Å²) >= 11 is 7.45. The van der Waals surface area contributed by atoms with Crippen molar-refractivity contribution in [1.82, 2.24) is 10.2 Å². The third-order valence-electron chi connectivity index (χ3n) is 3.92. The van der Waals surface area contributed by atoms with Gasteiger partial charge in [-0.1, -0.05) is 23.7 Å². The topological polar surface area (TPSA) is 58.6 Å². The molecule has 2 rings (SSSR count). The normalized spacial score (nSPS) is 12.0. The van der Waals surface area contributed by atoms with E-state index in [0.29, 0.717) is 18.7 Å². The van der Waals surface area contributed by atoms with Crippen molar-refractivity contribution in [2.24, 2.45) is 0 Å². The SMILES string of the molecule is COC(=O)c1ccc(CNC(=O)C(C)N(C)Cc2ccc(Cl)s2)cc1. The second-order valence-corrected chi connectivity index (χ2v) is 7.50. The van der Waals surface area contributed by atoms with E-state index in [-0.39, 0.29) is 17.9 Å². The molecule has 1 heterocycles. The minimum atomic E-state index is -0.375. The Bertz CT molecular complexity index is 730. The lowest BCUT2D eigenvalue weighted by molar-refractivity contribution is -0.125. The molecular weight excluding hydrogens is 360 g/mol. The van der Waals surface area contributed by atoms with Crippen molar-refractivity contribution >= 4 is 34.8 Å². The average molecular weight is 381 g/mol. The van der Waals surface area contributed by atoms with Crippen LogP contribution in [-0.4, -0.2) is 37.0 Å². The number of halogens is 1. The molecule has 0 aliphatic heterocycles. The van der Waals surface area contributed by atoms with Crippen LogP contribution in [0.4, 0.5) is 0 Å². The van der Waals surface area contributed by atoms with Gasteiger partial charge in [0.2, 0.25) is 5.91 Å². The number of likely N-dealkylation sites (N-methyl/N-ethyl adjacent to an activating group) is 1. The number of carbonyl (C=O) groups is 2. The molecule has 1 aromatic carbocycles. The van der Waals surface area contributed by atoms with Gasteiger partial charge in [0.1, 0.15) is 0 Å². The summed E-state index contributed by atoms with van der Waals surface area (Å²) in [7, 11) is 3.25. The molecule has 0 fully saturated rings. The van der Waals surface area contributed by atoms with Crippen LogP contribution in [0, 0.1) is 0 Å². The van der Waals surface area contributed by atoms with E-state index in [2.05, 4.69) is 10.1 Å². The molecule has 0 aliphatic rings. The highest BCUT2D eigenvalue weighted by molar-refractivity contribution is 7.16. The van der Waals surface area contributed by atoms with Crippen LogP contribution in [0.1, 0.15) is 27.7 Å². The first kappa shape index (κ1) is 19.4. The minimum absolute atomic E-state index is 0.0535. The van der Waals surface area contributed by atoms with Crippen LogP contribution in [0.15, 0.2) is 36.4 Å². The summed E-state index contributed by atoms with van der Waals surface area (Å²) in [6, 6.07) is 10.5. The van der Waals surface area contributed by atoms with Crippen LogP contribution in [0.5, 0.6) is 0 Å². The summed E-state index contributed by atoms with van der Waals surface area (Å²) in [6.07, 6.45) is 0. The van der Waals surface area contributed by atoms with Crippen molar-refractivity contribution in [2.75, 3.05) is 14.2 Å². The highest BCUT2D eigenvalue weighted by Gasteiger charge is 2.18. The first-order chi connectivity index (χ1) is 11.9. The molecule has 7 heteroatoms.